The van der Waals surface area contributed by atoms with Crippen LogP contribution >= 0.6 is 0 Å². The highest BCUT2D eigenvalue weighted by molar-refractivity contribution is 7.89. The highest BCUT2D eigenvalue weighted by atomic mass is 32.2. The molecule has 8 nitrogen and oxygen atoms in total. The van der Waals surface area contributed by atoms with Crippen molar-refractivity contribution in [3.05, 3.63) is 66.7 Å². The van der Waals surface area contributed by atoms with Crippen LogP contribution in [-0.4, -0.2) is 64.7 Å². The van der Waals surface area contributed by atoms with Crippen molar-refractivity contribution >= 4 is 37.7 Å². The molecule has 1 fully saturated rings. The van der Waals surface area contributed by atoms with Crippen LogP contribution in [0.15, 0.2) is 66.0 Å². The molecule has 1 aliphatic rings. The maximum atomic E-state index is 13.1. The van der Waals surface area contributed by atoms with Crippen molar-refractivity contribution in [1.29, 1.82) is 0 Å². The number of piperazine rings is 1. The first-order chi connectivity index (χ1) is 14.6. The topological polar surface area (TPSA) is 99.3 Å². The summed E-state index contributed by atoms with van der Waals surface area (Å²) in [4.78, 5) is 26.3. The van der Waals surface area contributed by atoms with Crippen molar-refractivity contribution in [2.24, 2.45) is 0 Å². The standard InChI is InChI=1S/C21H19N5O3S/c27-21(19-16-5-2-1-4-15(16)7-9-22-19)25-10-12-26(13-11-25)30(28,29)18-14-24-20-17(18)6-3-8-23-20/h1-9,14H,10-13H2,(H,23,24). The Labute approximate surface area is 173 Å². The van der Waals surface area contributed by atoms with Crippen molar-refractivity contribution in [2.75, 3.05) is 26.2 Å². The van der Waals surface area contributed by atoms with Gasteiger partial charge in [-0.2, -0.15) is 4.31 Å². The van der Waals surface area contributed by atoms with Gasteiger partial charge in [0.2, 0.25) is 10.0 Å². The largest absolute Gasteiger partial charge is 0.345 e. The van der Waals surface area contributed by atoms with Crippen LogP contribution in [0.2, 0.25) is 0 Å². The molecule has 5 rings (SSSR count). The third-order valence-electron chi connectivity index (χ3n) is 5.43. The van der Waals surface area contributed by atoms with Crippen LogP contribution in [0.1, 0.15) is 10.5 Å². The van der Waals surface area contributed by atoms with Gasteiger partial charge in [0, 0.05) is 55.5 Å². The number of amides is 1. The molecule has 0 unspecified atom stereocenters. The molecule has 9 heteroatoms. The van der Waals surface area contributed by atoms with Crippen LogP contribution in [0.5, 0.6) is 0 Å². The zero-order chi connectivity index (χ0) is 20.7. The number of aromatic amines is 1. The summed E-state index contributed by atoms with van der Waals surface area (Å²) in [5, 5.41) is 2.31. The second-order valence-corrected chi connectivity index (χ2v) is 9.04. The minimum absolute atomic E-state index is 0.180. The molecule has 1 saturated heterocycles. The second-order valence-electron chi connectivity index (χ2n) is 7.13. The van der Waals surface area contributed by atoms with Gasteiger partial charge in [-0.25, -0.2) is 13.4 Å². The first-order valence-corrected chi connectivity index (χ1v) is 11.0. The van der Waals surface area contributed by atoms with E-state index in [4.69, 9.17) is 0 Å². The van der Waals surface area contributed by atoms with Crippen molar-refractivity contribution < 1.29 is 13.2 Å². The Morgan fingerprint density at radius 1 is 0.900 bits per heavy atom. The van der Waals surface area contributed by atoms with Crippen molar-refractivity contribution in [3.63, 3.8) is 0 Å². The van der Waals surface area contributed by atoms with E-state index in [1.165, 1.54) is 10.5 Å². The number of rotatable bonds is 3. The molecule has 4 heterocycles. The van der Waals surface area contributed by atoms with Gasteiger partial charge in [0.1, 0.15) is 16.2 Å². The van der Waals surface area contributed by atoms with Crippen LogP contribution in [0, 0.1) is 0 Å². The average Bonchev–Trinajstić information content (AvgIpc) is 3.23. The Morgan fingerprint density at radius 2 is 1.67 bits per heavy atom. The van der Waals surface area contributed by atoms with Crippen LogP contribution in [0.4, 0.5) is 0 Å². The second kappa shape index (κ2) is 7.19. The van der Waals surface area contributed by atoms with Gasteiger partial charge in [0.05, 0.1) is 0 Å². The molecule has 0 spiro atoms. The van der Waals surface area contributed by atoms with E-state index in [1.54, 1.807) is 29.4 Å². The molecule has 1 N–H and O–H groups in total. The number of nitrogens with one attached hydrogen (secondary N) is 1. The number of H-pyrrole nitrogens is 1. The van der Waals surface area contributed by atoms with Gasteiger partial charge in [0.25, 0.3) is 5.91 Å². The number of hydrogen-bond acceptors (Lipinski definition) is 5. The summed E-state index contributed by atoms with van der Waals surface area (Å²) in [5.74, 6) is -0.180. The first-order valence-electron chi connectivity index (χ1n) is 9.61. The van der Waals surface area contributed by atoms with Crippen molar-refractivity contribution in [2.45, 2.75) is 4.90 Å². The Balaban J connectivity index is 1.36. The molecule has 4 aromatic rings. The molecule has 1 amide bonds. The number of nitrogens with zero attached hydrogens (tertiary/aromatic N) is 4. The summed E-state index contributed by atoms with van der Waals surface area (Å²) < 4.78 is 27.7. The number of benzene rings is 1. The number of aromatic nitrogens is 3. The van der Waals surface area contributed by atoms with E-state index in [9.17, 15) is 13.2 Å². The van der Waals surface area contributed by atoms with Gasteiger partial charge in [-0.3, -0.25) is 9.78 Å². The van der Waals surface area contributed by atoms with Gasteiger partial charge in [-0.1, -0.05) is 24.3 Å². The van der Waals surface area contributed by atoms with Crippen molar-refractivity contribution in [3.8, 4) is 0 Å². The molecule has 1 aliphatic heterocycles. The van der Waals surface area contributed by atoms with E-state index < -0.39 is 10.0 Å². The molecular weight excluding hydrogens is 402 g/mol. The lowest BCUT2D eigenvalue weighted by atomic mass is 10.1. The molecule has 0 saturated carbocycles. The number of carbonyl (C=O) groups is 1. The predicted octanol–water partition coefficient (Wildman–Crippen LogP) is 2.26. The van der Waals surface area contributed by atoms with E-state index in [0.717, 1.165) is 10.8 Å². The van der Waals surface area contributed by atoms with Crippen molar-refractivity contribution in [1.82, 2.24) is 24.2 Å². The Bertz CT molecular complexity index is 1350. The first kappa shape index (κ1) is 18.7. The fraction of sp³-hybridized carbons (Fsp3) is 0.190. The van der Waals surface area contributed by atoms with E-state index in [1.807, 2.05) is 30.3 Å². The molecule has 0 aliphatic carbocycles. The molecule has 152 valence electrons. The average molecular weight is 421 g/mol. The molecule has 30 heavy (non-hydrogen) atoms. The fourth-order valence-electron chi connectivity index (χ4n) is 3.85. The number of carbonyl (C=O) groups excluding carboxylic acids is 1. The minimum Gasteiger partial charge on any atom is -0.345 e. The van der Waals surface area contributed by atoms with Crippen LogP contribution < -0.4 is 0 Å². The lowest BCUT2D eigenvalue weighted by molar-refractivity contribution is 0.0694. The predicted molar refractivity (Wildman–Crippen MR) is 112 cm³/mol. The summed E-state index contributed by atoms with van der Waals surface area (Å²) >= 11 is 0. The zero-order valence-corrected chi connectivity index (χ0v) is 16.8. The number of hydrogen-bond donors (Lipinski definition) is 1. The smallest absolute Gasteiger partial charge is 0.273 e. The number of pyridine rings is 2. The van der Waals surface area contributed by atoms with E-state index >= 15 is 0 Å². The van der Waals surface area contributed by atoms with Gasteiger partial charge in [-0.05, 0) is 23.6 Å². The van der Waals surface area contributed by atoms with Gasteiger partial charge in [-0.15, -0.1) is 0 Å². The number of sulfonamides is 1. The highest BCUT2D eigenvalue weighted by Crippen LogP contribution is 2.26. The van der Waals surface area contributed by atoms with Gasteiger partial charge >= 0.3 is 0 Å². The zero-order valence-electron chi connectivity index (χ0n) is 16.0. The van der Waals surface area contributed by atoms with E-state index in [2.05, 4.69) is 15.0 Å². The lowest BCUT2D eigenvalue weighted by Crippen LogP contribution is -2.50. The normalized spacial score (nSPS) is 15.7. The Kier molecular flexibility index (Phi) is 4.48. The Hall–Kier alpha value is -3.30. The monoisotopic (exact) mass is 421 g/mol. The number of fused-ring (bicyclic) bond motifs is 2. The summed E-state index contributed by atoms with van der Waals surface area (Å²) in [6, 6.07) is 12.9. The van der Waals surface area contributed by atoms with E-state index in [0.29, 0.717) is 29.8 Å². The SMILES string of the molecule is O=C(c1nccc2ccccc12)N1CCN(S(=O)(=O)c2c[nH]c3ncccc23)CC1. The van der Waals surface area contributed by atoms with Crippen LogP contribution in [0.25, 0.3) is 21.8 Å². The van der Waals surface area contributed by atoms with Crippen LogP contribution in [-0.2, 0) is 10.0 Å². The Morgan fingerprint density at radius 3 is 2.50 bits per heavy atom. The summed E-state index contributed by atoms with van der Waals surface area (Å²) in [7, 11) is -3.69. The molecule has 1 aromatic carbocycles. The summed E-state index contributed by atoms with van der Waals surface area (Å²) in [5.41, 5.74) is 0.930. The lowest BCUT2D eigenvalue weighted by Gasteiger charge is -2.33. The maximum Gasteiger partial charge on any atom is 0.273 e. The fourth-order valence-corrected chi connectivity index (χ4v) is 5.43. The molecule has 0 bridgehead atoms. The third-order valence-corrected chi connectivity index (χ3v) is 7.37. The summed E-state index contributed by atoms with van der Waals surface area (Å²) in [6.45, 7) is 1.07. The highest BCUT2D eigenvalue weighted by Gasteiger charge is 2.32. The molecule has 3 aromatic heterocycles. The quantitative estimate of drug-likeness (QED) is 0.547. The van der Waals surface area contributed by atoms with E-state index in [-0.39, 0.29) is 23.9 Å². The third kappa shape index (κ3) is 3.03. The van der Waals surface area contributed by atoms with Gasteiger partial charge < -0.3 is 9.88 Å². The maximum absolute atomic E-state index is 13.1. The van der Waals surface area contributed by atoms with Gasteiger partial charge in [0.15, 0.2) is 0 Å². The summed E-state index contributed by atoms with van der Waals surface area (Å²) in [6.07, 6.45) is 4.72. The molecule has 0 atom stereocenters. The molecular formula is C21H19N5O3S. The molecule has 0 radical (unpaired) electrons. The minimum atomic E-state index is -3.69. The van der Waals surface area contributed by atoms with Crippen LogP contribution in [0.3, 0.4) is 0 Å².